The lowest BCUT2D eigenvalue weighted by Crippen LogP contribution is -2.46. The van der Waals surface area contributed by atoms with Crippen LogP contribution in [0.4, 0.5) is 0 Å². The highest BCUT2D eigenvalue weighted by Gasteiger charge is 2.22. The summed E-state index contributed by atoms with van der Waals surface area (Å²) in [4.78, 5) is 4.74. The van der Waals surface area contributed by atoms with E-state index in [9.17, 15) is 0 Å². The van der Waals surface area contributed by atoms with E-state index >= 15 is 0 Å². The lowest BCUT2D eigenvalue weighted by molar-refractivity contribution is 0.124. The van der Waals surface area contributed by atoms with E-state index in [2.05, 4.69) is 29.8 Å². The van der Waals surface area contributed by atoms with Gasteiger partial charge in [-0.05, 0) is 39.4 Å². The quantitative estimate of drug-likeness (QED) is 0.646. The lowest BCUT2D eigenvalue weighted by atomic mass is 10.0. The molecule has 86 valence electrons. The van der Waals surface area contributed by atoms with Crippen LogP contribution in [-0.4, -0.2) is 49.1 Å². The van der Waals surface area contributed by atoms with Crippen LogP contribution in [0.15, 0.2) is 0 Å². The first-order valence-electron chi connectivity index (χ1n) is 6.07. The normalized spacial score (nSPS) is 22.9. The first-order valence-corrected chi connectivity index (χ1v) is 6.07. The van der Waals surface area contributed by atoms with E-state index in [1.54, 1.807) is 0 Å². The van der Waals surface area contributed by atoms with Crippen molar-refractivity contribution in [2.45, 2.75) is 38.6 Å². The second kappa shape index (κ2) is 6.81. The molecule has 0 aromatic rings. The first kappa shape index (κ1) is 12.5. The van der Waals surface area contributed by atoms with Crippen LogP contribution in [0.2, 0.25) is 0 Å². The average Bonchev–Trinajstić information content (AvgIpc) is 2.27. The van der Waals surface area contributed by atoms with Crippen molar-refractivity contribution in [3.8, 4) is 6.07 Å². The van der Waals surface area contributed by atoms with Crippen LogP contribution in [0.3, 0.4) is 0 Å². The van der Waals surface area contributed by atoms with Crippen molar-refractivity contribution < 1.29 is 0 Å². The Balaban J connectivity index is 2.31. The number of unbranched alkanes of at least 4 members (excludes halogenated alkanes) is 1. The molecule has 15 heavy (non-hydrogen) atoms. The summed E-state index contributed by atoms with van der Waals surface area (Å²) in [7, 11) is 2.07. The van der Waals surface area contributed by atoms with Gasteiger partial charge in [0, 0.05) is 12.6 Å². The highest BCUT2D eigenvalue weighted by molar-refractivity contribution is 4.84. The second-order valence-electron chi connectivity index (χ2n) is 4.52. The van der Waals surface area contributed by atoms with E-state index in [0.717, 1.165) is 6.54 Å². The average molecular weight is 209 g/mol. The monoisotopic (exact) mass is 209 g/mol. The molecule has 1 atom stereocenters. The van der Waals surface area contributed by atoms with E-state index < -0.39 is 0 Å². The zero-order valence-corrected chi connectivity index (χ0v) is 10.1. The highest BCUT2D eigenvalue weighted by atomic mass is 15.2. The van der Waals surface area contributed by atoms with Crippen molar-refractivity contribution in [1.29, 1.82) is 5.26 Å². The maximum absolute atomic E-state index is 8.67. The molecule has 1 aliphatic heterocycles. The third kappa shape index (κ3) is 4.19. The van der Waals surface area contributed by atoms with Crippen LogP contribution in [0.5, 0.6) is 0 Å². The number of likely N-dealkylation sites (N-methyl/N-ethyl adjacent to an activating group) is 1. The van der Waals surface area contributed by atoms with E-state index in [4.69, 9.17) is 5.26 Å². The Hall–Kier alpha value is -0.590. The summed E-state index contributed by atoms with van der Waals surface area (Å²) < 4.78 is 0. The second-order valence-corrected chi connectivity index (χ2v) is 4.52. The zero-order valence-electron chi connectivity index (χ0n) is 10.1. The van der Waals surface area contributed by atoms with Crippen LogP contribution < -0.4 is 0 Å². The molecule has 0 amide bonds. The molecular weight excluding hydrogens is 186 g/mol. The minimum absolute atomic E-state index is 0.562. The SMILES string of the molecule is CCCCN1CCCC(N(C)CC#N)C1. The molecule has 0 saturated carbocycles. The van der Waals surface area contributed by atoms with Crippen molar-refractivity contribution in [1.82, 2.24) is 9.80 Å². The number of nitriles is 1. The third-order valence-corrected chi connectivity index (χ3v) is 3.25. The summed E-state index contributed by atoms with van der Waals surface area (Å²) in [5.74, 6) is 0. The molecule has 1 aliphatic rings. The minimum atomic E-state index is 0.562. The fourth-order valence-electron chi connectivity index (χ4n) is 2.22. The van der Waals surface area contributed by atoms with Gasteiger partial charge in [0.1, 0.15) is 0 Å². The Morgan fingerprint density at radius 1 is 1.53 bits per heavy atom. The highest BCUT2D eigenvalue weighted by Crippen LogP contribution is 2.14. The van der Waals surface area contributed by atoms with Crippen LogP contribution >= 0.6 is 0 Å². The van der Waals surface area contributed by atoms with E-state index in [0.29, 0.717) is 12.6 Å². The number of likely N-dealkylation sites (tertiary alicyclic amines) is 1. The van der Waals surface area contributed by atoms with Crippen molar-refractivity contribution in [2.24, 2.45) is 0 Å². The van der Waals surface area contributed by atoms with E-state index in [-0.39, 0.29) is 0 Å². The smallest absolute Gasteiger partial charge is 0.0866 e. The summed E-state index contributed by atoms with van der Waals surface area (Å²) in [5.41, 5.74) is 0. The molecule has 1 saturated heterocycles. The van der Waals surface area contributed by atoms with Crippen LogP contribution in [0, 0.1) is 11.3 Å². The van der Waals surface area contributed by atoms with Gasteiger partial charge in [0.2, 0.25) is 0 Å². The molecule has 3 nitrogen and oxygen atoms in total. The maximum Gasteiger partial charge on any atom is 0.0866 e. The van der Waals surface area contributed by atoms with Gasteiger partial charge in [0.15, 0.2) is 0 Å². The Labute approximate surface area is 93.7 Å². The molecule has 0 N–H and O–H groups in total. The standard InChI is InChI=1S/C12H23N3/c1-3-4-8-15-9-5-6-12(11-15)14(2)10-7-13/h12H,3-6,8-11H2,1-2H3. The van der Waals surface area contributed by atoms with Crippen LogP contribution in [0.25, 0.3) is 0 Å². The summed E-state index contributed by atoms with van der Waals surface area (Å²) in [6, 6.07) is 2.82. The van der Waals surface area contributed by atoms with Gasteiger partial charge in [0.05, 0.1) is 12.6 Å². The summed E-state index contributed by atoms with van der Waals surface area (Å²) in [6.45, 7) is 6.43. The number of piperidine rings is 1. The van der Waals surface area contributed by atoms with Crippen molar-refractivity contribution in [2.75, 3.05) is 33.2 Å². The van der Waals surface area contributed by atoms with Gasteiger partial charge in [-0.2, -0.15) is 5.26 Å². The molecule has 0 radical (unpaired) electrons. The Bertz CT molecular complexity index is 209. The number of nitrogens with zero attached hydrogens (tertiary/aromatic N) is 3. The third-order valence-electron chi connectivity index (χ3n) is 3.25. The summed E-state index contributed by atoms with van der Waals surface area (Å²) in [5, 5.41) is 8.67. The van der Waals surface area contributed by atoms with Gasteiger partial charge in [0.25, 0.3) is 0 Å². The number of hydrogen-bond acceptors (Lipinski definition) is 3. The maximum atomic E-state index is 8.67. The molecule has 1 rings (SSSR count). The topological polar surface area (TPSA) is 30.3 Å². The predicted molar refractivity (Wildman–Crippen MR) is 62.6 cm³/mol. The Kier molecular flexibility index (Phi) is 5.67. The van der Waals surface area contributed by atoms with Gasteiger partial charge in [-0.25, -0.2) is 0 Å². The fraction of sp³-hybridized carbons (Fsp3) is 0.917. The first-order chi connectivity index (χ1) is 7.27. The predicted octanol–water partition coefficient (Wildman–Crippen LogP) is 1.71. The molecule has 1 fully saturated rings. The molecule has 0 bridgehead atoms. The minimum Gasteiger partial charge on any atom is -0.302 e. The molecule has 1 unspecified atom stereocenters. The van der Waals surface area contributed by atoms with Gasteiger partial charge in [-0.3, -0.25) is 4.90 Å². The molecule has 3 heteroatoms. The van der Waals surface area contributed by atoms with Crippen LogP contribution in [-0.2, 0) is 0 Å². The lowest BCUT2D eigenvalue weighted by Gasteiger charge is -2.36. The van der Waals surface area contributed by atoms with Crippen molar-refractivity contribution >= 4 is 0 Å². The summed E-state index contributed by atoms with van der Waals surface area (Å²) >= 11 is 0. The Morgan fingerprint density at radius 3 is 3.00 bits per heavy atom. The largest absolute Gasteiger partial charge is 0.302 e. The van der Waals surface area contributed by atoms with Crippen molar-refractivity contribution in [3.05, 3.63) is 0 Å². The van der Waals surface area contributed by atoms with Gasteiger partial charge in [-0.15, -0.1) is 0 Å². The van der Waals surface area contributed by atoms with E-state index in [1.807, 2.05) is 0 Å². The molecule has 0 spiro atoms. The number of rotatable bonds is 5. The molecule has 0 aromatic carbocycles. The molecule has 1 heterocycles. The fourth-order valence-corrected chi connectivity index (χ4v) is 2.22. The van der Waals surface area contributed by atoms with Gasteiger partial charge >= 0.3 is 0 Å². The Morgan fingerprint density at radius 2 is 2.33 bits per heavy atom. The molecule has 0 aromatic heterocycles. The summed E-state index contributed by atoms with van der Waals surface area (Å²) in [6.07, 6.45) is 5.11. The van der Waals surface area contributed by atoms with Crippen molar-refractivity contribution in [3.63, 3.8) is 0 Å². The molecule has 0 aliphatic carbocycles. The van der Waals surface area contributed by atoms with Crippen LogP contribution in [0.1, 0.15) is 32.6 Å². The number of hydrogen-bond donors (Lipinski definition) is 0. The zero-order chi connectivity index (χ0) is 11.1. The molecular formula is C12H23N3. The van der Waals surface area contributed by atoms with Gasteiger partial charge in [-0.1, -0.05) is 13.3 Å². The van der Waals surface area contributed by atoms with Gasteiger partial charge < -0.3 is 4.90 Å². The van der Waals surface area contributed by atoms with E-state index in [1.165, 1.54) is 38.8 Å².